The molecule has 0 spiro atoms. The van der Waals surface area contributed by atoms with E-state index >= 15 is 0 Å². The SMILES string of the molecule is CC.CC1=CNNN1C(C)C. The van der Waals surface area contributed by atoms with Gasteiger partial charge in [-0.25, -0.2) is 0 Å². The van der Waals surface area contributed by atoms with Crippen molar-refractivity contribution in [3.05, 3.63) is 11.9 Å². The highest BCUT2D eigenvalue weighted by Crippen LogP contribution is 2.06. The van der Waals surface area contributed by atoms with Gasteiger partial charge in [0.2, 0.25) is 0 Å². The first kappa shape index (κ1) is 10.3. The van der Waals surface area contributed by atoms with E-state index in [1.165, 1.54) is 5.70 Å². The minimum Gasteiger partial charge on any atom is -0.309 e. The number of hydrogen-bond donors (Lipinski definition) is 2. The zero-order valence-electron chi connectivity index (χ0n) is 8.10. The molecule has 0 atom stereocenters. The topological polar surface area (TPSA) is 27.3 Å². The molecule has 1 heterocycles. The molecule has 1 aliphatic heterocycles. The second kappa shape index (κ2) is 5.02. The van der Waals surface area contributed by atoms with E-state index in [0.29, 0.717) is 6.04 Å². The van der Waals surface area contributed by atoms with Crippen molar-refractivity contribution in [1.29, 1.82) is 0 Å². The maximum atomic E-state index is 3.00. The van der Waals surface area contributed by atoms with Gasteiger partial charge in [-0.2, -0.15) is 0 Å². The third-order valence-corrected chi connectivity index (χ3v) is 1.36. The van der Waals surface area contributed by atoms with Crippen molar-refractivity contribution in [2.75, 3.05) is 0 Å². The number of allylic oxidation sites excluding steroid dienone is 1. The molecular formula is C8H19N3. The summed E-state index contributed by atoms with van der Waals surface area (Å²) in [5, 5.41) is 2.07. The van der Waals surface area contributed by atoms with E-state index in [-0.39, 0.29) is 0 Å². The first-order chi connectivity index (χ1) is 5.22. The van der Waals surface area contributed by atoms with Crippen LogP contribution < -0.4 is 11.0 Å². The highest BCUT2D eigenvalue weighted by atomic mass is 15.7. The van der Waals surface area contributed by atoms with Gasteiger partial charge in [-0.15, -0.1) is 5.53 Å². The molecule has 0 unspecified atom stereocenters. The molecule has 0 aromatic rings. The van der Waals surface area contributed by atoms with Crippen LogP contribution in [0.4, 0.5) is 0 Å². The molecule has 66 valence electrons. The fourth-order valence-electron chi connectivity index (χ4n) is 0.900. The van der Waals surface area contributed by atoms with Gasteiger partial charge in [-0.05, 0) is 20.8 Å². The van der Waals surface area contributed by atoms with E-state index in [9.17, 15) is 0 Å². The summed E-state index contributed by atoms with van der Waals surface area (Å²) >= 11 is 0. The lowest BCUT2D eigenvalue weighted by Crippen LogP contribution is -2.41. The van der Waals surface area contributed by atoms with Gasteiger partial charge in [-0.3, -0.25) is 5.01 Å². The number of nitrogens with zero attached hydrogens (tertiary/aromatic N) is 1. The van der Waals surface area contributed by atoms with Crippen molar-refractivity contribution in [3.63, 3.8) is 0 Å². The Hall–Kier alpha value is -0.700. The minimum absolute atomic E-state index is 0.510. The first-order valence-electron chi connectivity index (χ1n) is 4.19. The standard InChI is InChI=1S/C6H13N3.C2H6/c1-5(2)9-6(3)4-7-8-9;1-2/h4-5,7-8H,1-3H3;1-2H3. The van der Waals surface area contributed by atoms with Crippen LogP contribution >= 0.6 is 0 Å². The molecular weight excluding hydrogens is 138 g/mol. The first-order valence-corrected chi connectivity index (χ1v) is 4.19. The van der Waals surface area contributed by atoms with Gasteiger partial charge in [0.15, 0.2) is 0 Å². The van der Waals surface area contributed by atoms with Gasteiger partial charge in [0.05, 0.1) is 0 Å². The minimum atomic E-state index is 0.510. The van der Waals surface area contributed by atoms with E-state index in [1.807, 2.05) is 20.0 Å². The third kappa shape index (κ3) is 2.80. The summed E-state index contributed by atoms with van der Waals surface area (Å²) in [6.45, 7) is 10.3. The van der Waals surface area contributed by atoms with Crippen LogP contribution in [0.1, 0.15) is 34.6 Å². The van der Waals surface area contributed by atoms with Gasteiger partial charge in [0.25, 0.3) is 0 Å². The summed E-state index contributed by atoms with van der Waals surface area (Å²) in [6, 6.07) is 0.510. The van der Waals surface area contributed by atoms with Crippen molar-refractivity contribution in [1.82, 2.24) is 16.0 Å². The van der Waals surface area contributed by atoms with E-state index < -0.39 is 0 Å². The fourth-order valence-corrected chi connectivity index (χ4v) is 0.900. The molecule has 0 bridgehead atoms. The third-order valence-electron chi connectivity index (χ3n) is 1.36. The largest absolute Gasteiger partial charge is 0.309 e. The smallest absolute Gasteiger partial charge is 0.0455 e. The Kier molecular flexibility index (Phi) is 4.70. The summed E-state index contributed by atoms with van der Waals surface area (Å²) in [7, 11) is 0. The fraction of sp³-hybridized carbons (Fsp3) is 0.750. The van der Waals surface area contributed by atoms with Gasteiger partial charge < -0.3 is 5.43 Å². The van der Waals surface area contributed by atoms with Crippen LogP contribution in [-0.2, 0) is 0 Å². The zero-order valence-corrected chi connectivity index (χ0v) is 8.10. The molecule has 1 aliphatic rings. The van der Waals surface area contributed by atoms with Crippen LogP contribution in [0.15, 0.2) is 11.9 Å². The van der Waals surface area contributed by atoms with Crippen molar-refractivity contribution < 1.29 is 0 Å². The molecule has 11 heavy (non-hydrogen) atoms. The molecule has 0 saturated carbocycles. The van der Waals surface area contributed by atoms with Crippen LogP contribution in [0.25, 0.3) is 0 Å². The molecule has 3 heteroatoms. The Bertz CT molecular complexity index is 129. The Labute approximate surface area is 69.4 Å². The van der Waals surface area contributed by atoms with Crippen LogP contribution in [-0.4, -0.2) is 11.1 Å². The van der Waals surface area contributed by atoms with Crippen LogP contribution in [0.2, 0.25) is 0 Å². The normalized spacial score (nSPS) is 15.5. The predicted molar refractivity (Wildman–Crippen MR) is 48.4 cm³/mol. The average molecular weight is 157 g/mol. The highest BCUT2D eigenvalue weighted by Gasteiger charge is 2.11. The molecule has 1 rings (SSSR count). The molecule has 0 amide bonds. The van der Waals surface area contributed by atoms with E-state index in [4.69, 9.17) is 0 Å². The van der Waals surface area contributed by atoms with Gasteiger partial charge in [0, 0.05) is 17.9 Å². The summed E-state index contributed by atoms with van der Waals surface area (Å²) in [5.41, 5.74) is 7.14. The Morgan fingerprint density at radius 1 is 1.36 bits per heavy atom. The Morgan fingerprint density at radius 3 is 2.09 bits per heavy atom. The van der Waals surface area contributed by atoms with Gasteiger partial charge in [-0.1, -0.05) is 13.8 Å². The predicted octanol–water partition coefficient (Wildman–Crippen LogP) is 1.61. The van der Waals surface area contributed by atoms with Gasteiger partial charge >= 0.3 is 0 Å². The summed E-state index contributed by atoms with van der Waals surface area (Å²) in [6.07, 6.45) is 1.94. The van der Waals surface area contributed by atoms with E-state index in [1.54, 1.807) is 0 Å². The zero-order chi connectivity index (χ0) is 8.85. The molecule has 0 radical (unpaired) electrons. The lowest BCUT2D eigenvalue weighted by atomic mass is 10.3. The second-order valence-corrected chi connectivity index (χ2v) is 2.51. The summed E-state index contributed by atoms with van der Waals surface area (Å²) in [4.78, 5) is 0. The van der Waals surface area contributed by atoms with Crippen molar-refractivity contribution in [3.8, 4) is 0 Å². The number of hydrazine groups is 2. The molecule has 0 aliphatic carbocycles. The second-order valence-electron chi connectivity index (χ2n) is 2.51. The summed E-state index contributed by atoms with van der Waals surface area (Å²) in [5.74, 6) is 0. The molecule has 3 nitrogen and oxygen atoms in total. The molecule has 0 fully saturated rings. The van der Waals surface area contributed by atoms with Gasteiger partial charge in [0.1, 0.15) is 0 Å². The van der Waals surface area contributed by atoms with Crippen molar-refractivity contribution >= 4 is 0 Å². The highest BCUT2D eigenvalue weighted by molar-refractivity contribution is 4.99. The number of rotatable bonds is 1. The maximum absolute atomic E-state index is 3.00. The maximum Gasteiger partial charge on any atom is 0.0455 e. The number of nitrogens with one attached hydrogen (secondary N) is 2. The Morgan fingerprint density at radius 2 is 1.91 bits per heavy atom. The lowest BCUT2D eigenvalue weighted by molar-refractivity contribution is 0.203. The Balaban J connectivity index is 0.000000461. The van der Waals surface area contributed by atoms with Crippen molar-refractivity contribution in [2.45, 2.75) is 40.7 Å². The molecule has 0 aromatic carbocycles. The average Bonchev–Trinajstić information content (AvgIpc) is 2.39. The van der Waals surface area contributed by atoms with Crippen molar-refractivity contribution in [2.24, 2.45) is 0 Å². The quantitative estimate of drug-likeness (QED) is 0.605. The number of hydrogen-bond acceptors (Lipinski definition) is 3. The van der Waals surface area contributed by atoms with Crippen LogP contribution in [0, 0.1) is 0 Å². The lowest BCUT2D eigenvalue weighted by Gasteiger charge is -2.23. The molecule has 0 aromatic heterocycles. The molecule has 0 saturated heterocycles. The molecule has 2 N–H and O–H groups in total. The monoisotopic (exact) mass is 157 g/mol. The van der Waals surface area contributed by atoms with Crippen LogP contribution in [0.3, 0.4) is 0 Å². The van der Waals surface area contributed by atoms with E-state index in [2.05, 4.69) is 36.7 Å². The summed E-state index contributed by atoms with van der Waals surface area (Å²) < 4.78 is 0. The van der Waals surface area contributed by atoms with Crippen LogP contribution in [0.5, 0.6) is 0 Å². The van der Waals surface area contributed by atoms with E-state index in [0.717, 1.165) is 0 Å².